The quantitative estimate of drug-likeness (QED) is 0.847. The van der Waals surface area contributed by atoms with Crippen molar-refractivity contribution >= 4 is 33.2 Å². The molecule has 2 rings (SSSR count). The van der Waals surface area contributed by atoms with Crippen LogP contribution in [0.2, 0.25) is 0 Å². The van der Waals surface area contributed by atoms with Gasteiger partial charge in [-0.3, -0.25) is 4.79 Å². The van der Waals surface area contributed by atoms with Crippen molar-refractivity contribution in [2.45, 2.75) is 24.8 Å². The fraction of sp³-hybridized carbons (Fsp3) is 0.615. The van der Waals surface area contributed by atoms with Crippen molar-refractivity contribution in [3.05, 3.63) is 20.8 Å². The average Bonchev–Trinajstić information content (AvgIpc) is 2.68. The largest absolute Gasteiger partial charge is 0.340 e. The normalized spacial score (nSPS) is 17.6. The van der Waals surface area contributed by atoms with Gasteiger partial charge in [-0.2, -0.15) is 0 Å². The van der Waals surface area contributed by atoms with Crippen LogP contribution in [0.3, 0.4) is 0 Å². The second-order valence-corrected chi connectivity index (χ2v) is 7.56. The van der Waals surface area contributed by atoms with Crippen LogP contribution in [0.4, 0.5) is 0 Å². The van der Waals surface area contributed by atoms with E-state index in [1.54, 1.807) is 11.3 Å². The van der Waals surface area contributed by atoms with E-state index in [4.69, 9.17) is 0 Å². The molecule has 18 heavy (non-hydrogen) atoms. The summed E-state index contributed by atoms with van der Waals surface area (Å²) in [6.45, 7) is 0.812. The van der Waals surface area contributed by atoms with Crippen LogP contribution >= 0.6 is 27.3 Å². The predicted molar refractivity (Wildman–Crippen MR) is 79.2 cm³/mol. The first-order valence-electron chi connectivity index (χ1n) is 6.11. The van der Waals surface area contributed by atoms with Gasteiger partial charge in [-0.1, -0.05) is 0 Å². The summed E-state index contributed by atoms with van der Waals surface area (Å²) in [5.41, 5.74) is 0.972. The summed E-state index contributed by atoms with van der Waals surface area (Å²) in [5.74, 6) is 0.116. The van der Waals surface area contributed by atoms with Crippen molar-refractivity contribution in [3.63, 3.8) is 0 Å². The number of likely N-dealkylation sites (N-methyl/N-ethyl adjacent to an activating group) is 2. The third-order valence-corrected chi connectivity index (χ3v) is 5.43. The van der Waals surface area contributed by atoms with Gasteiger partial charge in [0.15, 0.2) is 0 Å². The van der Waals surface area contributed by atoms with Crippen molar-refractivity contribution < 1.29 is 4.79 Å². The summed E-state index contributed by atoms with van der Waals surface area (Å²) < 4.78 is 1.00. The number of carbonyl (C=O) groups is 1. The highest BCUT2D eigenvalue weighted by Gasteiger charge is 2.40. The molecule has 1 fully saturated rings. The van der Waals surface area contributed by atoms with Gasteiger partial charge in [-0.15, -0.1) is 11.3 Å². The first kappa shape index (κ1) is 14.0. The van der Waals surface area contributed by atoms with Crippen LogP contribution < -0.4 is 0 Å². The standard InChI is InChI=1S/C13H19BrN2OS/c1-15(2)13(5-4-6-13)9-16(3)12(17)10-7-11(14)18-8-10/h7-8H,4-6,9H2,1-3H3. The third-order valence-electron chi connectivity index (χ3n) is 3.93. The first-order valence-corrected chi connectivity index (χ1v) is 7.79. The lowest BCUT2D eigenvalue weighted by molar-refractivity contribution is 0.0253. The van der Waals surface area contributed by atoms with E-state index in [1.807, 2.05) is 23.4 Å². The summed E-state index contributed by atoms with van der Waals surface area (Å²) in [6.07, 6.45) is 3.64. The zero-order valence-corrected chi connectivity index (χ0v) is 13.5. The van der Waals surface area contributed by atoms with E-state index in [2.05, 4.69) is 34.9 Å². The molecular formula is C13H19BrN2OS. The molecule has 0 N–H and O–H groups in total. The van der Waals surface area contributed by atoms with E-state index in [1.165, 1.54) is 19.3 Å². The summed E-state index contributed by atoms with van der Waals surface area (Å²) in [5, 5.41) is 1.91. The molecule has 100 valence electrons. The molecule has 0 aromatic carbocycles. The van der Waals surface area contributed by atoms with Gasteiger partial charge in [0.05, 0.1) is 9.35 Å². The zero-order chi connectivity index (χ0) is 13.3. The molecule has 0 saturated heterocycles. The minimum atomic E-state index is 0.116. The van der Waals surface area contributed by atoms with Crippen LogP contribution in [0.5, 0.6) is 0 Å². The lowest BCUT2D eigenvalue weighted by Gasteiger charge is -2.49. The van der Waals surface area contributed by atoms with Gasteiger partial charge in [0.2, 0.25) is 0 Å². The number of hydrogen-bond donors (Lipinski definition) is 0. The van der Waals surface area contributed by atoms with Crippen LogP contribution in [0.25, 0.3) is 0 Å². The molecule has 3 nitrogen and oxygen atoms in total. The number of rotatable bonds is 4. The van der Waals surface area contributed by atoms with E-state index in [0.717, 1.165) is 15.9 Å². The second kappa shape index (κ2) is 5.31. The van der Waals surface area contributed by atoms with Gasteiger partial charge in [-0.25, -0.2) is 0 Å². The maximum Gasteiger partial charge on any atom is 0.254 e. The number of amides is 1. The highest BCUT2D eigenvalue weighted by atomic mass is 79.9. The Morgan fingerprint density at radius 2 is 2.11 bits per heavy atom. The average molecular weight is 331 g/mol. The van der Waals surface area contributed by atoms with Crippen LogP contribution in [0, 0.1) is 0 Å². The van der Waals surface area contributed by atoms with E-state index in [-0.39, 0.29) is 11.4 Å². The molecule has 0 atom stereocenters. The molecule has 1 aliphatic rings. The smallest absolute Gasteiger partial charge is 0.254 e. The van der Waals surface area contributed by atoms with Crippen molar-refractivity contribution in [1.82, 2.24) is 9.80 Å². The SMILES string of the molecule is CN(CC1(N(C)C)CCC1)C(=O)c1csc(Br)c1. The summed E-state index contributed by atoms with van der Waals surface area (Å²) in [7, 11) is 6.12. The Morgan fingerprint density at radius 3 is 2.50 bits per heavy atom. The fourth-order valence-corrected chi connectivity index (χ4v) is 3.62. The minimum Gasteiger partial charge on any atom is -0.340 e. The van der Waals surface area contributed by atoms with E-state index < -0.39 is 0 Å². The van der Waals surface area contributed by atoms with Gasteiger partial charge >= 0.3 is 0 Å². The Kier molecular flexibility index (Phi) is 4.14. The van der Waals surface area contributed by atoms with Gasteiger partial charge in [0, 0.05) is 24.5 Å². The fourth-order valence-electron chi connectivity index (χ4n) is 2.49. The molecule has 1 saturated carbocycles. The molecule has 1 heterocycles. The predicted octanol–water partition coefficient (Wildman–Crippen LogP) is 3.07. The maximum atomic E-state index is 12.3. The van der Waals surface area contributed by atoms with Crippen molar-refractivity contribution in [2.24, 2.45) is 0 Å². The van der Waals surface area contributed by atoms with E-state index >= 15 is 0 Å². The number of hydrogen-bond acceptors (Lipinski definition) is 3. The Labute approximate surface area is 121 Å². The molecule has 1 amide bonds. The summed E-state index contributed by atoms with van der Waals surface area (Å²) >= 11 is 4.95. The van der Waals surface area contributed by atoms with Gasteiger partial charge in [0.1, 0.15) is 0 Å². The Hall–Kier alpha value is -0.390. The lowest BCUT2D eigenvalue weighted by atomic mass is 9.75. The molecule has 0 aliphatic heterocycles. The Morgan fingerprint density at radius 1 is 1.44 bits per heavy atom. The molecule has 1 aromatic heterocycles. The van der Waals surface area contributed by atoms with Gasteiger partial charge in [0.25, 0.3) is 5.91 Å². The molecule has 0 bridgehead atoms. The molecule has 0 spiro atoms. The molecule has 5 heteroatoms. The third kappa shape index (κ3) is 2.63. The van der Waals surface area contributed by atoms with Crippen LogP contribution in [-0.2, 0) is 0 Å². The molecule has 0 radical (unpaired) electrons. The van der Waals surface area contributed by atoms with Crippen LogP contribution in [0.1, 0.15) is 29.6 Å². The summed E-state index contributed by atoms with van der Waals surface area (Å²) in [6, 6.07) is 1.90. The number of nitrogens with zero attached hydrogens (tertiary/aromatic N) is 2. The van der Waals surface area contributed by atoms with E-state index in [0.29, 0.717) is 0 Å². The number of halogens is 1. The zero-order valence-electron chi connectivity index (χ0n) is 11.1. The van der Waals surface area contributed by atoms with Crippen molar-refractivity contribution in [2.75, 3.05) is 27.7 Å². The molecular weight excluding hydrogens is 312 g/mol. The highest BCUT2D eigenvalue weighted by Crippen LogP contribution is 2.37. The van der Waals surface area contributed by atoms with Crippen LogP contribution in [-0.4, -0.2) is 48.9 Å². The second-order valence-electron chi connectivity index (χ2n) is 5.27. The monoisotopic (exact) mass is 330 g/mol. The highest BCUT2D eigenvalue weighted by molar-refractivity contribution is 9.11. The topological polar surface area (TPSA) is 23.6 Å². The minimum absolute atomic E-state index is 0.116. The maximum absolute atomic E-state index is 12.3. The van der Waals surface area contributed by atoms with Crippen molar-refractivity contribution in [1.29, 1.82) is 0 Å². The summed E-state index contributed by atoms with van der Waals surface area (Å²) in [4.78, 5) is 16.4. The molecule has 1 aliphatic carbocycles. The molecule has 0 unspecified atom stereocenters. The number of carbonyl (C=O) groups excluding carboxylic acids is 1. The van der Waals surface area contributed by atoms with Gasteiger partial charge in [-0.05, 0) is 55.4 Å². The lowest BCUT2D eigenvalue weighted by Crippen LogP contribution is -2.57. The van der Waals surface area contributed by atoms with Gasteiger partial charge < -0.3 is 9.80 Å². The van der Waals surface area contributed by atoms with Crippen molar-refractivity contribution in [3.8, 4) is 0 Å². The van der Waals surface area contributed by atoms with Crippen LogP contribution in [0.15, 0.2) is 15.2 Å². The number of thiophene rings is 1. The molecule has 1 aromatic rings. The Bertz CT molecular complexity index is 440. The Balaban J connectivity index is 2.03. The first-order chi connectivity index (χ1) is 8.44. The van der Waals surface area contributed by atoms with E-state index in [9.17, 15) is 4.79 Å².